The van der Waals surface area contributed by atoms with Crippen molar-refractivity contribution in [1.82, 2.24) is 9.88 Å². The van der Waals surface area contributed by atoms with Crippen molar-refractivity contribution in [2.75, 3.05) is 13.1 Å². The molecule has 2 atom stereocenters. The van der Waals surface area contributed by atoms with Crippen LogP contribution in [-0.4, -0.2) is 46.1 Å². The highest BCUT2D eigenvalue weighted by Gasteiger charge is 2.35. The molecule has 124 valence electrons. The second-order valence-corrected chi connectivity index (χ2v) is 5.94. The third-order valence-electron chi connectivity index (χ3n) is 4.22. The Bertz CT molecular complexity index is 751. The summed E-state index contributed by atoms with van der Waals surface area (Å²) in [6, 6.07) is 10.9. The second kappa shape index (κ2) is 6.78. The van der Waals surface area contributed by atoms with Gasteiger partial charge in [-0.15, -0.1) is 0 Å². The van der Waals surface area contributed by atoms with Gasteiger partial charge in [0.2, 0.25) is 0 Å². The maximum Gasteiger partial charge on any atom is 0.337 e. The van der Waals surface area contributed by atoms with Crippen molar-refractivity contribution in [2.24, 2.45) is 5.92 Å². The molecule has 1 aromatic heterocycles. The van der Waals surface area contributed by atoms with Gasteiger partial charge < -0.3 is 10.0 Å². The molecule has 0 bridgehead atoms. The molecule has 0 spiro atoms. The lowest BCUT2D eigenvalue weighted by molar-refractivity contribution is 0.0696. The molecule has 2 aromatic rings. The van der Waals surface area contributed by atoms with Gasteiger partial charge in [-0.25, -0.2) is 9.18 Å². The molecule has 0 aliphatic carbocycles. The maximum absolute atomic E-state index is 14.3. The summed E-state index contributed by atoms with van der Waals surface area (Å²) in [6.07, 6.45) is 1.97. The van der Waals surface area contributed by atoms with E-state index in [0.29, 0.717) is 13.0 Å². The van der Waals surface area contributed by atoms with Gasteiger partial charge in [0.15, 0.2) is 0 Å². The number of benzene rings is 1. The van der Waals surface area contributed by atoms with Crippen LogP contribution >= 0.6 is 0 Å². The minimum atomic E-state index is -1.15. The van der Waals surface area contributed by atoms with E-state index in [1.807, 2.05) is 30.3 Å². The minimum Gasteiger partial charge on any atom is -0.478 e. The van der Waals surface area contributed by atoms with Gasteiger partial charge in [0, 0.05) is 24.9 Å². The summed E-state index contributed by atoms with van der Waals surface area (Å²) >= 11 is 0. The number of aromatic nitrogens is 1. The zero-order valence-electron chi connectivity index (χ0n) is 12.9. The van der Waals surface area contributed by atoms with Crippen LogP contribution in [0.25, 0.3) is 0 Å². The number of carboxylic acid groups (broad SMARTS) is 1. The Balaban J connectivity index is 1.71. The van der Waals surface area contributed by atoms with Crippen molar-refractivity contribution < 1.29 is 19.1 Å². The quantitative estimate of drug-likeness (QED) is 0.936. The van der Waals surface area contributed by atoms with Crippen LogP contribution in [0.2, 0.25) is 0 Å². The van der Waals surface area contributed by atoms with E-state index in [1.165, 1.54) is 23.4 Å². The monoisotopic (exact) mass is 328 g/mol. The van der Waals surface area contributed by atoms with Crippen LogP contribution in [0, 0.1) is 5.92 Å². The van der Waals surface area contributed by atoms with Gasteiger partial charge in [-0.3, -0.25) is 9.78 Å². The van der Waals surface area contributed by atoms with Crippen molar-refractivity contribution in [2.45, 2.75) is 12.6 Å². The number of amides is 1. The maximum atomic E-state index is 14.3. The lowest BCUT2D eigenvalue weighted by atomic mass is 9.97. The molecular formula is C18H17FN2O3. The Kier molecular flexibility index (Phi) is 4.55. The number of halogens is 1. The zero-order valence-corrected chi connectivity index (χ0v) is 12.9. The molecule has 6 heteroatoms. The van der Waals surface area contributed by atoms with Gasteiger partial charge in [-0.1, -0.05) is 30.3 Å². The number of hydrogen-bond donors (Lipinski definition) is 1. The summed E-state index contributed by atoms with van der Waals surface area (Å²) in [5.41, 5.74) is 1.15. The molecule has 1 amide bonds. The number of carbonyl (C=O) groups is 2. The molecule has 5 nitrogen and oxygen atoms in total. The number of likely N-dealkylation sites (tertiary alicyclic amines) is 1. The fraction of sp³-hybridized carbons (Fsp3) is 0.278. The number of hydrogen-bond acceptors (Lipinski definition) is 3. The number of carboxylic acids is 1. The summed E-state index contributed by atoms with van der Waals surface area (Å²) in [6.45, 7) is 0.333. The molecule has 1 saturated heterocycles. The van der Waals surface area contributed by atoms with Gasteiger partial charge >= 0.3 is 5.97 Å². The standard InChI is InChI=1S/C18H17FN2O3/c19-16-11-21(10-15(16)6-12-4-2-1-3-5-12)17(22)13-7-14(18(23)24)9-20-8-13/h1-5,7-9,15-16H,6,10-11H2,(H,23,24)/t15-,16+/m0/s1. The van der Waals surface area contributed by atoms with E-state index >= 15 is 0 Å². The third kappa shape index (κ3) is 3.42. The average molecular weight is 328 g/mol. The molecule has 1 N–H and O–H groups in total. The summed E-state index contributed by atoms with van der Waals surface area (Å²) in [7, 11) is 0. The Labute approximate surface area is 138 Å². The number of alkyl halides is 1. The van der Waals surface area contributed by atoms with Gasteiger partial charge in [0.05, 0.1) is 17.7 Å². The number of pyridine rings is 1. The second-order valence-electron chi connectivity index (χ2n) is 5.94. The summed E-state index contributed by atoms with van der Waals surface area (Å²) < 4.78 is 14.3. The van der Waals surface area contributed by atoms with Crippen LogP contribution in [0.1, 0.15) is 26.3 Å². The smallest absolute Gasteiger partial charge is 0.337 e. The first-order valence-corrected chi connectivity index (χ1v) is 7.70. The normalized spacial score (nSPS) is 20.1. The first-order valence-electron chi connectivity index (χ1n) is 7.70. The fourth-order valence-corrected chi connectivity index (χ4v) is 2.96. The predicted molar refractivity (Wildman–Crippen MR) is 85.6 cm³/mol. The number of rotatable bonds is 4. The van der Waals surface area contributed by atoms with Gasteiger partial charge in [0.25, 0.3) is 5.91 Å². The summed E-state index contributed by atoms with van der Waals surface area (Å²) in [4.78, 5) is 28.7. The van der Waals surface area contributed by atoms with Crippen LogP contribution < -0.4 is 0 Å². The van der Waals surface area contributed by atoms with Crippen LogP contribution in [-0.2, 0) is 6.42 Å². The largest absolute Gasteiger partial charge is 0.478 e. The SMILES string of the molecule is O=C(O)c1cncc(C(=O)N2C[C@H](Cc3ccccc3)[C@H](F)C2)c1. The molecule has 1 aromatic carbocycles. The average Bonchev–Trinajstić information content (AvgIpc) is 2.96. The topological polar surface area (TPSA) is 70.5 Å². The Morgan fingerprint density at radius 1 is 1.17 bits per heavy atom. The Hall–Kier alpha value is -2.76. The molecule has 1 aliphatic rings. The molecule has 0 radical (unpaired) electrons. The van der Waals surface area contributed by atoms with Crippen LogP contribution in [0.3, 0.4) is 0 Å². The van der Waals surface area contributed by atoms with Crippen molar-refractivity contribution in [3.05, 3.63) is 65.5 Å². The van der Waals surface area contributed by atoms with Crippen molar-refractivity contribution >= 4 is 11.9 Å². The highest BCUT2D eigenvalue weighted by molar-refractivity contribution is 5.97. The predicted octanol–water partition coefficient (Wildman–Crippen LogP) is 2.43. The molecule has 1 fully saturated rings. The minimum absolute atomic E-state index is 0.0215. The van der Waals surface area contributed by atoms with E-state index < -0.39 is 12.1 Å². The molecule has 1 aliphatic heterocycles. The lowest BCUT2D eigenvalue weighted by Crippen LogP contribution is -2.29. The van der Waals surface area contributed by atoms with E-state index in [-0.39, 0.29) is 29.5 Å². The molecule has 0 saturated carbocycles. The van der Waals surface area contributed by atoms with Crippen LogP contribution in [0.5, 0.6) is 0 Å². The zero-order chi connectivity index (χ0) is 17.1. The lowest BCUT2D eigenvalue weighted by Gasteiger charge is -2.16. The Morgan fingerprint density at radius 3 is 2.58 bits per heavy atom. The first-order chi connectivity index (χ1) is 11.5. The highest BCUT2D eigenvalue weighted by atomic mass is 19.1. The van der Waals surface area contributed by atoms with Gasteiger partial charge in [-0.05, 0) is 18.1 Å². The summed E-state index contributed by atoms with van der Waals surface area (Å²) in [5, 5.41) is 8.98. The third-order valence-corrected chi connectivity index (χ3v) is 4.22. The molecule has 3 rings (SSSR count). The Morgan fingerprint density at radius 2 is 1.88 bits per heavy atom. The van der Waals surface area contributed by atoms with Gasteiger partial charge in [0.1, 0.15) is 6.17 Å². The van der Waals surface area contributed by atoms with E-state index in [2.05, 4.69) is 4.98 Å². The summed E-state index contributed by atoms with van der Waals surface area (Å²) in [5.74, 6) is -1.79. The number of aromatic carboxylic acids is 1. The van der Waals surface area contributed by atoms with Crippen molar-refractivity contribution in [1.29, 1.82) is 0 Å². The molecule has 24 heavy (non-hydrogen) atoms. The van der Waals surface area contributed by atoms with E-state index in [1.54, 1.807) is 0 Å². The number of nitrogens with zero attached hydrogens (tertiary/aromatic N) is 2. The van der Waals surface area contributed by atoms with Crippen LogP contribution in [0.15, 0.2) is 48.8 Å². The fourth-order valence-electron chi connectivity index (χ4n) is 2.96. The van der Waals surface area contributed by atoms with Gasteiger partial charge in [-0.2, -0.15) is 0 Å². The molecule has 0 unspecified atom stereocenters. The number of carbonyl (C=O) groups excluding carboxylic acids is 1. The van der Waals surface area contributed by atoms with Crippen molar-refractivity contribution in [3.63, 3.8) is 0 Å². The first kappa shape index (κ1) is 16.1. The van der Waals surface area contributed by atoms with E-state index in [9.17, 15) is 14.0 Å². The van der Waals surface area contributed by atoms with Crippen molar-refractivity contribution in [3.8, 4) is 0 Å². The van der Waals surface area contributed by atoms with Crippen LogP contribution in [0.4, 0.5) is 4.39 Å². The molecular weight excluding hydrogens is 311 g/mol. The van der Waals surface area contributed by atoms with E-state index in [4.69, 9.17) is 5.11 Å². The van der Waals surface area contributed by atoms with E-state index in [0.717, 1.165) is 5.56 Å². The highest BCUT2D eigenvalue weighted by Crippen LogP contribution is 2.25. The molecule has 2 heterocycles.